The summed E-state index contributed by atoms with van der Waals surface area (Å²) in [5.41, 5.74) is 2.64. The zero-order valence-corrected chi connectivity index (χ0v) is 8.33. The van der Waals surface area contributed by atoms with Crippen LogP contribution in [0.2, 0.25) is 0 Å². The maximum atomic E-state index is 5.06. The van der Waals surface area contributed by atoms with Crippen LogP contribution in [0.4, 0.5) is 0 Å². The lowest BCUT2D eigenvalue weighted by molar-refractivity contribution is 0.364. The molecule has 0 saturated carbocycles. The molecule has 72 valence electrons. The molecular formula is C10H10N2OS. The zero-order chi connectivity index (χ0) is 9.38. The minimum Gasteiger partial charge on any atom is -0.472 e. The fourth-order valence-corrected chi connectivity index (χ4v) is 2.51. The highest BCUT2D eigenvalue weighted by Gasteiger charge is 2.23. The third-order valence-corrected chi connectivity index (χ3v) is 3.30. The standard InChI is InChI=1S/C10H10N2OS/c1-3-12-4-6-14-10(12)11-9(1)8-2-5-13-7-8/h1-2,4-7,10-11H,3H2. The summed E-state index contributed by atoms with van der Waals surface area (Å²) in [5, 5.41) is 5.56. The van der Waals surface area contributed by atoms with E-state index in [0.717, 1.165) is 17.8 Å². The second kappa shape index (κ2) is 3.13. The number of rotatable bonds is 1. The summed E-state index contributed by atoms with van der Waals surface area (Å²) in [6.45, 7) is 0.960. The average molecular weight is 206 g/mol. The van der Waals surface area contributed by atoms with E-state index in [9.17, 15) is 0 Å². The molecule has 14 heavy (non-hydrogen) atoms. The average Bonchev–Trinajstić information content (AvgIpc) is 2.88. The van der Waals surface area contributed by atoms with Gasteiger partial charge in [-0.25, -0.2) is 0 Å². The lowest BCUT2D eigenvalue weighted by Crippen LogP contribution is -2.40. The molecule has 1 atom stereocenters. The fourth-order valence-electron chi connectivity index (χ4n) is 1.63. The molecule has 0 aromatic carbocycles. The molecule has 1 aromatic rings. The van der Waals surface area contributed by atoms with Crippen molar-refractivity contribution in [3.8, 4) is 0 Å². The third kappa shape index (κ3) is 1.23. The number of nitrogens with zero attached hydrogens (tertiary/aromatic N) is 1. The second-order valence-electron chi connectivity index (χ2n) is 3.24. The van der Waals surface area contributed by atoms with Crippen LogP contribution in [-0.4, -0.2) is 16.9 Å². The van der Waals surface area contributed by atoms with Crippen LogP contribution in [0.5, 0.6) is 0 Å². The van der Waals surface area contributed by atoms with Crippen LogP contribution in [0.3, 0.4) is 0 Å². The minimum atomic E-state index is 0.352. The van der Waals surface area contributed by atoms with Crippen LogP contribution in [0.25, 0.3) is 5.70 Å². The summed E-state index contributed by atoms with van der Waals surface area (Å²) in [6, 6.07) is 1.97. The highest BCUT2D eigenvalue weighted by atomic mass is 32.2. The lowest BCUT2D eigenvalue weighted by atomic mass is 10.2. The van der Waals surface area contributed by atoms with Crippen LogP contribution in [0.1, 0.15) is 5.56 Å². The molecule has 3 rings (SSSR count). The molecule has 3 heterocycles. The van der Waals surface area contributed by atoms with Crippen molar-refractivity contribution in [3.05, 3.63) is 41.8 Å². The minimum absolute atomic E-state index is 0.352. The molecule has 1 N–H and O–H groups in total. The van der Waals surface area contributed by atoms with E-state index in [1.807, 2.05) is 6.07 Å². The number of fused-ring (bicyclic) bond motifs is 1. The first-order valence-corrected chi connectivity index (χ1v) is 5.45. The van der Waals surface area contributed by atoms with Gasteiger partial charge in [0.1, 0.15) is 0 Å². The number of thioether (sulfide) groups is 1. The molecule has 0 aliphatic carbocycles. The van der Waals surface area contributed by atoms with Crippen molar-refractivity contribution in [1.82, 2.24) is 10.2 Å². The van der Waals surface area contributed by atoms with Crippen LogP contribution in [0.15, 0.2) is 40.7 Å². The van der Waals surface area contributed by atoms with E-state index >= 15 is 0 Å². The van der Waals surface area contributed by atoms with Crippen molar-refractivity contribution in [2.45, 2.75) is 5.50 Å². The second-order valence-corrected chi connectivity index (χ2v) is 4.24. The zero-order valence-electron chi connectivity index (χ0n) is 7.51. The van der Waals surface area contributed by atoms with E-state index in [1.165, 1.54) is 0 Å². The molecule has 2 aliphatic heterocycles. The maximum absolute atomic E-state index is 5.06. The molecule has 0 radical (unpaired) electrons. The molecule has 4 heteroatoms. The van der Waals surface area contributed by atoms with Gasteiger partial charge in [-0.15, -0.1) is 0 Å². The first kappa shape index (κ1) is 8.05. The molecule has 0 spiro atoms. The topological polar surface area (TPSA) is 28.4 Å². The SMILES string of the molecule is C1=CN2CC=C(c3ccoc3)NC2S1. The molecular weight excluding hydrogens is 196 g/mol. The summed E-state index contributed by atoms with van der Waals surface area (Å²) in [4.78, 5) is 2.26. The van der Waals surface area contributed by atoms with E-state index in [0.29, 0.717) is 5.50 Å². The number of furan rings is 1. The quantitative estimate of drug-likeness (QED) is 0.761. The largest absolute Gasteiger partial charge is 0.472 e. The Bertz CT molecular complexity index is 383. The van der Waals surface area contributed by atoms with Gasteiger partial charge in [0.2, 0.25) is 0 Å². The lowest BCUT2D eigenvalue weighted by Gasteiger charge is -2.30. The van der Waals surface area contributed by atoms with Crippen molar-refractivity contribution >= 4 is 17.5 Å². The van der Waals surface area contributed by atoms with Crippen molar-refractivity contribution in [1.29, 1.82) is 0 Å². The number of hydrogen-bond acceptors (Lipinski definition) is 4. The fraction of sp³-hybridized carbons (Fsp3) is 0.200. The van der Waals surface area contributed by atoms with E-state index in [4.69, 9.17) is 4.42 Å². The molecule has 0 fully saturated rings. The first-order valence-electron chi connectivity index (χ1n) is 4.51. The smallest absolute Gasteiger partial charge is 0.152 e. The van der Waals surface area contributed by atoms with Gasteiger partial charge >= 0.3 is 0 Å². The number of hydrogen-bond donors (Lipinski definition) is 1. The molecule has 3 nitrogen and oxygen atoms in total. The van der Waals surface area contributed by atoms with E-state index in [1.54, 1.807) is 24.3 Å². The number of nitrogens with one attached hydrogen (secondary N) is 1. The molecule has 1 unspecified atom stereocenters. The van der Waals surface area contributed by atoms with Gasteiger partial charge in [0.15, 0.2) is 5.50 Å². The first-order chi connectivity index (χ1) is 6.93. The van der Waals surface area contributed by atoms with Crippen molar-refractivity contribution < 1.29 is 4.42 Å². The van der Waals surface area contributed by atoms with Crippen LogP contribution >= 0.6 is 11.8 Å². The van der Waals surface area contributed by atoms with E-state index in [2.05, 4.69) is 27.9 Å². The summed E-state index contributed by atoms with van der Waals surface area (Å²) in [6.07, 6.45) is 7.76. The maximum Gasteiger partial charge on any atom is 0.152 e. The van der Waals surface area contributed by atoms with Gasteiger partial charge in [0.05, 0.1) is 12.5 Å². The van der Waals surface area contributed by atoms with Gasteiger partial charge < -0.3 is 14.6 Å². The van der Waals surface area contributed by atoms with Crippen LogP contribution in [-0.2, 0) is 0 Å². The van der Waals surface area contributed by atoms with Gasteiger partial charge in [-0.3, -0.25) is 0 Å². The highest BCUT2D eigenvalue weighted by molar-refractivity contribution is 8.02. The third-order valence-electron chi connectivity index (χ3n) is 2.38. The van der Waals surface area contributed by atoms with Gasteiger partial charge in [0.25, 0.3) is 0 Å². The predicted octanol–water partition coefficient (Wildman–Crippen LogP) is 2.03. The Labute approximate surface area is 86.5 Å². The van der Waals surface area contributed by atoms with Crippen molar-refractivity contribution in [2.75, 3.05) is 6.54 Å². The highest BCUT2D eigenvalue weighted by Crippen LogP contribution is 2.28. The Morgan fingerprint density at radius 3 is 3.43 bits per heavy atom. The van der Waals surface area contributed by atoms with Gasteiger partial charge in [-0.2, -0.15) is 0 Å². The summed E-state index contributed by atoms with van der Waals surface area (Å²) < 4.78 is 5.06. The summed E-state index contributed by atoms with van der Waals surface area (Å²) >= 11 is 1.79. The Hall–Kier alpha value is -1.29. The van der Waals surface area contributed by atoms with Crippen LogP contribution in [0, 0.1) is 0 Å². The summed E-state index contributed by atoms with van der Waals surface area (Å²) in [5.74, 6) is 0. The van der Waals surface area contributed by atoms with Gasteiger partial charge in [-0.1, -0.05) is 11.8 Å². The van der Waals surface area contributed by atoms with Gasteiger partial charge in [-0.05, 0) is 17.6 Å². The van der Waals surface area contributed by atoms with Crippen LogP contribution < -0.4 is 5.32 Å². The molecule has 2 aliphatic rings. The monoisotopic (exact) mass is 206 g/mol. The van der Waals surface area contributed by atoms with Crippen molar-refractivity contribution in [3.63, 3.8) is 0 Å². The molecule has 0 saturated heterocycles. The Kier molecular flexibility index (Phi) is 1.80. The Morgan fingerprint density at radius 1 is 1.57 bits per heavy atom. The Balaban J connectivity index is 1.84. The molecule has 0 amide bonds. The van der Waals surface area contributed by atoms with E-state index < -0.39 is 0 Å². The molecule has 1 aromatic heterocycles. The molecule has 0 bridgehead atoms. The van der Waals surface area contributed by atoms with Gasteiger partial charge in [0, 0.05) is 24.0 Å². The van der Waals surface area contributed by atoms with Crippen molar-refractivity contribution in [2.24, 2.45) is 0 Å². The normalized spacial score (nSPS) is 24.4. The summed E-state index contributed by atoms with van der Waals surface area (Å²) in [7, 11) is 0. The predicted molar refractivity (Wildman–Crippen MR) is 57.0 cm³/mol. The van der Waals surface area contributed by atoms with E-state index in [-0.39, 0.29) is 0 Å². The Morgan fingerprint density at radius 2 is 2.57 bits per heavy atom.